The van der Waals surface area contributed by atoms with Crippen LogP contribution in [-0.4, -0.2) is 100 Å². The van der Waals surface area contributed by atoms with Gasteiger partial charge in [0, 0.05) is 25.7 Å². The molecule has 0 radical (unpaired) electrons. The lowest BCUT2D eigenvalue weighted by atomic mass is 9.88. The molecule has 40 heavy (non-hydrogen) atoms. The maximum Gasteiger partial charge on any atom is 0.338 e. The molecule has 0 spiro atoms. The number of aromatic nitrogens is 1. The van der Waals surface area contributed by atoms with Crippen LogP contribution in [0.4, 0.5) is 5.69 Å². The number of fused-ring (bicyclic) bond motifs is 4. The van der Waals surface area contributed by atoms with Crippen molar-refractivity contribution < 1.29 is 18.9 Å². The van der Waals surface area contributed by atoms with Gasteiger partial charge in [0.2, 0.25) is 18.1 Å². The number of esters is 1. The first-order valence-corrected chi connectivity index (χ1v) is 15.0. The van der Waals surface area contributed by atoms with Gasteiger partial charge in [0.25, 0.3) is 0 Å². The fourth-order valence-corrected chi connectivity index (χ4v) is 5.71. The van der Waals surface area contributed by atoms with E-state index in [9.17, 15) is 9.59 Å². The Kier molecular flexibility index (Phi) is 10.1. The molecule has 8 nitrogen and oxygen atoms in total. The Morgan fingerprint density at radius 2 is 1.60 bits per heavy atom. The maximum absolute atomic E-state index is 14.2. The zero-order chi connectivity index (χ0) is 28.8. The summed E-state index contributed by atoms with van der Waals surface area (Å²) in [5.74, 6) is -0.548. The molecule has 0 amide bonds. The number of ketones is 1. The number of nitrogens with zero attached hydrogens (tertiary/aromatic N) is 5. The number of Topliss-reactive ketones (excluding diaryl/α,β-unsaturated/α-hetero) is 1. The third kappa shape index (κ3) is 5.85. The van der Waals surface area contributed by atoms with Gasteiger partial charge < -0.3 is 14.2 Å². The Morgan fingerprint density at radius 1 is 0.925 bits per heavy atom. The molecule has 0 fully saturated rings. The van der Waals surface area contributed by atoms with E-state index in [2.05, 4.69) is 71.5 Å². The number of hydrogen-bond acceptors (Lipinski definition) is 6. The van der Waals surface area contributed by atoms with E-state index in [1.54, 1.807) is 0 Å². The number of allylic oxidation sites excluding steroid dienone is 4. The standard InChI is InChI=1S/C32H46N5O3/c1-7-33(8-2)19-20-40-32(39)24-17-18-28-26(21-24)29-30(37(28)23-35(11-5)12-6)31(38)25-15-13-14-16-27(25)36(29)22-34(9-3)10-4/h13-18,21,25H,7-12,19-20,22-23H2,1-6H3/q+1. The summed E-state index contributed by atoms with van der Waals surface area (Å²) in [4.78, 5) is 34.2. The van der Waals surface area contributed by atoms with Crippen molar-refractivity contribution in [2.24, 2.45) is 5.92 Å². The van der Waals surface area contributed by atoms with Crippen LogP contribution in [0.2, 0.25) is 0 Å². The van der Waals surface area contributed by atoms with E-state index < -0.39 is 0 Å². The number of rotatable bonds is 14. The molecule has 1 aliphatic heterocycles. The maximum atomic E-state index is 14.2. The van der Waals surface area contributed by atoms with Gasteiger partial charge in [-0.1, -0.05) is 59.8 Å². The highest BCUT2D eigenvalue weighted by molar-refractivity contribution is 6.22. The van der Waals surface area contributed by atoms with E-state index in [0.29, 0.717) is 32.1 Å². The number of carbonyl (C=O) groups is 2. The molecule has 0 bridgehead atoms. The van der Waals surface area contributed by atoms with Gasteiger partial charge in [-0.3, -0.25) is 9.69 Å². The van der Waals surface area contributed by atoms with Gasteiger partial charge in [0.15, 0.2) is 11.4 Å². The van der Waals surface area contributed by atoms with Gasteiger partial charge >= 0.3 is 5.97 Å². The van der Waals surface area contributed by atoms with E-state index in [0.717, 1.165) is 67.3 Å². The van der Waals surface area contributed by atoms with Gasteiger partial charge in [-0.2, -0.15) is 4.58 Å². The van der Waals surface area contributed by atoms with Crippen molar-refractivity contribution in [1.29, 1.82) is 0 Å². The lowest BCUT2D eigenvalue weighted by Crippen LogP contribution is -2.41. The number of benzene rings is 1. The molecule has 2 heterocycles. The minimum Gasteiger partial charge on any atom is -0.461 e. The van der Waals surface area contributed by atoms with Crippen LogP contribution in [-0.2, 0) is 11.4 Å². The number of ether oxygens (including phenoxy) is 1. The first kappa shape index (κ1) is 29.9. The highest BCUT2D eigenvalue weighted by Crippen LogP contribution is 2.40. The number of carbonyl (C=O) groups excluding carboxylic acids is 2. The Hall–Kier alpha value is -3.07. The Balaban J connectivity index is 1.87. The predicted molar refractivity (Wildman–Crippen MR) is 162 cm³/mol. The molecule has 1 atom stereocenters. The van der Waals surface area contributed by atoms with Gasteiger partial charge in [0.1, 0.15) is 12.5 Å². The van der Waals surface area contributed by atoms with Crippen LogP contribution in [0.15, 0.2) is 42.5 Å². The van der Waals surface area contributed by atoms with Crippen molar-refractivity contribution in [3.05, 3.63) is 53.8 Å². The van der Waals surface area contributed by atoms with E-state index >= 15 is 0 Å². The number of hydrogen-bond donors (Lipinski definition) is 0. The van der Waals surface area contributed by atoms with Crippen molar-refractivity contribution in [2.45, 2.75) is 48.2 Å². The normalized spacial score (nSPS) is 16.5. The molecule has 0 N–H and O–H groups in total. The van der Waals surface area contributed by atoms with Crippen LogP contribution < -0.4 is 0 Å². The highest BCUT2D eigenvalue weighted by atomic mass is 16.5. The van der Waals surface area contributed by atoms with E-state index in [1.165, 1.54) is 0 Å². The molecule has 2 aliphatic rings. The van der Waals surface area contributed by atoms with Gasteiger partial charge in [-0.25, -0.2) is 9.69 Å². The molecule has 216 valence electrons. The molecule has 1 aliphatic carbocycles. The summed E-state index contributed by atoms with van der Waals surface area (Å²) in [6, 6.07) is 5.75. The summed E-state index contributed by atoms with van der Waals surface area (Å²) in [5, 5.41) is 0.912. The second kappa shape index (κ2) is 13.5. The van der Waals surface area contributed by atoms with Crippen LogP contribution >= 0.6 is 0 Å². The average Bonchev–Trinajstić information content (AvgIpc) is 3.31. The van der Waals surface area contributed by atoms with E-state index in [-0.39, 0.29) is 17.7 Å². The van der Waals surface area contributed by atoms with Gasteiger partial charge in [-0.05, 0) is 44.4 Å². The Bertz CT molecular complexity index is 1310. The molecule has 1 aromatic carbocycles. The molecule has 0 saturated heterocycles. The zero-order valence-electron chi connectivity index (χ0n) is 25.2. The second-order valence-corrected chi connectivity index (χ2v) is 10.3. The monoisotopic (exact) mass is 548 g/mol. The molecule has 1 unspecified atom stereocenters. The van der Waals surface area contributed by atoms with Crippen LogP contribution in [0.5, 0.6) is 0 Å². The Morgan fingerprint density at radius 3 is 2.25 bits per heavy atom. The zero-order valence-corrected chi connectivity index (χ0v) is 25.2. The van der Waals surface area contributed by atoms with Crippen molar-refractivity contribution in [1.82, 2.24) is 19.3 Å². The van der Waals surface area contributed by atoms with Crippen molar-refractivity contribution in [3.8, 4) is 0 Å². The summed E-state index contributed by atoms with van der Waals surface area (Å²) in [6.45, 7) is 20.6. The summed E-state index contributed by atoms with van der Waals surface area (Å²) < 4.78 is 10.1. The van der Waals surface area contributed by atoms with Crippen molar-refractivity contribution in [3.63, 3.8) is 0 Å². The molecule has 4 rings (SSSR count). The number of likely N-dealkylation sites (N-methyl/N-ethyl adjacent to an activating group) is 1. The fraction of sp³-hybridized carbons (Fsp3) is 0.531. The SMILES string of the molecule is CCN(CC)CCOC(=O)c1ccc2c(c1)c1c(n2CN(CC)CC)C(=O)C2C=CC=CC2=[N+]1CN(CC)CC. The van der Waals surface area contributed by atoms with E-state index in [1.807, 2.05) is 36.4 Å². The van der Waals surface area contributed by atoms with Gasteiger partial charge in [-0.15, -0.1) is 0 Å². The lowest BCUT2D eigenvalue weighted by molar-refractivity contribution is -0.467. The topological polar surface area (TPSA) is 61.0 Å². The van der Waals surface area contributed by atoms with Gasteiger partial charge in [0.05, 0.1) is 23.1 Å². The smallest absolute Gasteiger partial charge is 0.338 e. The highest BCUT2D eigenvalue weighted by Gasteiger charge is 2.44. The molecule has 2 aromatic rings. The molecule has 0 saturated carbocycles. The molecule has 1 aromatic heterocycles. The first-order valence-electron chi connectivity index (χ1n) is 15.0. The fourth-order valence-electron chi connectivity index (χ4n) is 5.71. The first-order chi connectivity index (χ1) is 19.4. The van der Waals surface area contributed by atoms with Crippen LogP contribution in [0.3, 0.4) is 0 Å². The van der Waals surface area contributed by atoms with Crippen LogP contribution in [0, 0.1) is 5.92 Å². The minimum atomic E-state index is -0.331. The molecular weight excluding hydrogens is 502 g/mol. The van der Waals surface area contributed by atoms with Crippen molar-refractivity contribution >= 4 is 34.1 Å². The molecular formula is C32H46N5O3+. The van der Waals surface area contributed by atoms with Crippen LogP contribution in [0.1, 0.15) is 62.4 Å². The largest absolute Gasteiger partial charge is 0.461 e. The summed E-state index contributed by atoms with van der Waals surface area (Å²) >= 11 is 0. The third-order valence-electron chi connectivity index (χ3n) is 8.38. The quantitative estimate of drug-likeness (QED) is 0.251. The predicted octanol–water partition coefficient (Wildman–Crippen LogP) is 4.76. The van der Waals surface area contributed by atoms with Crippen LogP contribution in [0.25, 0.3) is 10.9 Å². The summed E-state index contributed by atoms with van der Waals surface area (Å²) in [6.07, 6.45) is 8.05. The third-order valence-corrected chi connectivity index (χ3v) is 8.38. The average molecular weight is 549 g/mol. The lowest BCUT2D eigenvalue weighted by Gasteiger charge is -2.26. The Labute approximate surface area is 239 Å². The summed E-state index contributed by atoms with van der Waals surface area (Å²) in [5.41, 5.74) is 4.07. The second-order valence-electron chi connectivity index (χ2n) is 10.3. The van der Waals surface area contributed by atoms with Crippen molar-refractivity contribution in [2.75, 3.05) is 59.1 Å². The van der Waals surface area contributed by atoms with E-state index in [4.69, 9.17) is 4.74 Å². The molecule has 8 heteroatoms. The minimum absolute atomic E-state index is 0.105. The summed E-state index contributed by atoms with van der Waals surface area (Å²) in [7, 11) is 0.